The quantitative estimate of drug-likeness (QED) is 0.236. The third-order valence-electron chi connectivity index (χ3n) is 3.85. The molecule has 0 atom stereocenters. The molecule has 0 saturated carbocycles. The molecule has 0 amide bonds. The van der Waals surface area contributed by atoms with Gasteiger partial charge in [-0.05, 0) is 12.8 Å². The first-order valence-corrected chi connectivity index (χ1v) is 9.70. The van der Waals surface area contributed by atoms with Crippen molar-refractivity contribution in [2.45, 2.75) is 117 Å². The first kappa shape index (κ1) is 23.6. The summed E-state index contributed by atoms with van der Waals surface area (Å²) in [6.07, 6.45) is 21.7. The number of unbranched alkanes of at least 4 members (excludes halogenated alkanes) is 14. The monoisotopic (exact) mass is 312 g/mol. The van der Waals surface area contributed by atoms with Gasteiger partial charge in [0.05, 0.1) is 0 Å². The van der Waals surface area contributed by atoms with E-state index in [1.165, 1.54) is 77.0 Å². The highest BCUT2D eigenvalue weighted by Gasteiger charge is 1.90. The molecule has 0 aromatic carbocycles. The van der Waals surface area contributed by atoms with E-state index in [1.807, 2.05) is 0 Å². The van der Waals surface area contributed by atoms with Crippen molar-refractivity contribution in [2.24, 2.45) is 0 Å². The normalized spacial score (nSPS) is 9.91. The fraction of sp³-hybridized carbons (Fsp3) is 0.900. The van der Waals surface area contributed by atoms with Gasteiger partial charge in [-0.2, -0.15) is 0 Å². The van der Waals surface area contributed by atoms with Crippen LogP contribution >= 0.6 is 0 Å². The highest BCUT2D eigenvalue weighted by atomic mass is 16.1. The van der Waals surface area contributed by atoms with Crippen LogP contribution in [0.3, 0.4) is 0 Å². The fourth-order valence-corrected chi connectivity index (χ4v) is 2.37. The highest BCUT2D eigenvalue weighted by molar-refractivity contribution is 5.49. The van der Waals surface area contributed by atoms with Gasteiger partial charge in [-0.3, -0.25) is 0 Å². The van der Waals surface area contributed by atoms with Gasteiger partial charge in [0, 0.05) is 12.8 Å². The standard InChI is InChI=1S/2C10H20O/c2*1-2-3-4-5-6-7-8-9-10-11/h2*10H,2-9H2,1H3. The van der Waals surface area contributed by atoms with Gasteiger partial charge in [-0.15, -0.1) is 0 Å². The number of hydrogen-bond acceptors (Lipinski definition) is 2. The lowest BCUT2D eigenvalue weighted by Crippen LogP contribution is -1.80. The summed E-state index contributed by atoms with van der Waals surface area (Å²) in [7, 11) is 0. The van der Waals surface area contributed by atoms with Gasteiger partial charge in [0.1, 0.15) is 12.6 Å². The Balaban J connectivity index is 0. The van der Waals surface area contributed by atoms with Gasteiger partial charge < -0.3 is 9.59 Å². The van der Waals surface area contributed by atoms with Crippen LogP contribution in [0.4, 0.5) is 0 Å². The number of aldehydes is 2. The van der Waals surface area contributed by atoms with Crippen LogP contribution in [0, 0.1) is 0 Å². The lowest BCUT2D eigenvalue weighted by atomic mass is 10.1. The van der Waals surface area contributed by atoms with Crippen LogP contribution in [0.1, 0.15) is 117 Å². The fourth-order valence-electron chi connectivity index (χ4n) is 2.37. The Morgan fingerprint density at radius 3 is 1.00 bits per heavy atom. The first-order chi connectivity index (χ1) is 10.8. The van der Waals surface area contributed by atoms with Gasteiger partial charge in [-0.25, -0.2) is 0 Å². The molecule has 132 valence electrons. The van der Waals surface area contributed by atoms with E-state index in [-0.39, 0.29) is 0 Å². The summed E-state index contributed by atoms with van der Waals surface area (Å²) in [4.78, 5) is 19.9. The first-order valence-electron chi connectivity index (χ1n) is 9.70. The summed E-state index contributed by atoms with van der Waals surface area (Å²) in [6, 6.07) is 0. The zero-order valence-corrected chi connectivity index (χ0v) is 15.3. The van der Waals surface area contributed by atoms with Crippen molar-refractivity contribution in [1.29, 1.82) is 0 Å². The molecule has 2 nitrogen and oxygen atoms in total. The van der Waals surface area contributed by atoms with Crippen molar-refractivity contribution in [3.8, 4) is 0 Å². The molecule has 0 aliphatic carbocycles. The Kier molecular flexibility index (Phi) is 27.1. The van der Waals surface area contributed by atoms with Crippen LogP contribution in [-0.4, -0.2) is 12.6 Å². The zero-order valence-electron chi connectivity index (χ0n) is 15.3. The van der Waals surface area contributed by atoms with E-state index in [1.54, 1.807) is 0 Å². The predicted molar refractivity (Wildman–Crippen MR) is 97.3 cm³/mol. The number of carbonyl (C=O) groups excluding carboxylic acids is 2. The van der Waals surface area contributed by atoms with E-state index in [0.717, 1.165) is 38.3 Å². The summed E-state index contributed by atoms with van der Waals surface area (Å²) in [5.41, 5.74) is 0. The third kappa shape index (κ3) is 27.6. The minimum absolute atomic E-state index is 0.758. The predicted octanol–water partition coefficient (Wildman–Crippen LogP) is 6.65. The van der Waals surface area contributed by atoms with Crippen molar-refractivity contribution in [1.82, 2.24) is 0 Å². The average Bonchev–Trinajstić information content (AvgIpc) is 2.54. The molecular weight excluding hydrogens is 272 g/mol. The van der Waals surface area contributed by atoms with Crippen molar-refractivity contribution < 1.29 is 9.59 Å². The van der Waals surface area contributed by atoms with Crippen LogP contribution in [0.5, 0.6) is 0 Å². The van der Waals surface area contributed by atoms with E-state index in [4.69, 9.17) is 0 Å². The van der Waals surface area contributed by atoms with E-state index < -0.39 is 0 Å². The molecule has 0 N–H and O–H groups in total. The summed E-state index contributed by atoms with van der Waals surface area (Å²) in [5.74, 6) is 0. The molecule has 0 unspecified atom stereocenters. The van der Waals surface area contributed by atoms with Crippen molar-refractivity contribution in [2.75, 3.05) is 0 Å². The van der Waals surface area contributed by atoms with Crippen LogP contribution in [0.15, 0.2) is 0 Å². The minimum atomic E-state index is 0.758. The summed E-state index contributed by atoms with van der Waals surface area (Å²) in [5, 5.41) is 0. The van der Waals surface area contributed by atoms with Crippen LogP contribution < -0.4 is 0 Å². The summed E-state index contributed by atoms with van der Waals surface area (Å²) < 4.78 is 0. The second kappa shape index (κ2) is 25.3. The van der Waals surface area contributed by atoms with Crippen molar-refractivity contribution in [3.63, 3.8) is 0 Å². The molecule has 0 spiro atoms. The maximum Gasteiger partial charge on any atom is 0.119 e. The van der Waals surface area contributed by atoms with Gasteiger partial charge >= 0.3 is 0 Å². The second-order valence-electron chi connectivity index (χ2n) is 6.15. The van der Waals surface area contributed by atoms with E-state index in [0.29, 0.717) is 0 Å². The molecule has 22 heavy (non-hydrogen) atoms. The molecule has 0 saturated heterocycles. The molecule has 0 rings (SSSR count). The molecule has 0 heterocycles. The molecule has 2 heteroatoms. The van der Waals surface area contributed by atoms with Gasteiger partial charge in [0.15, 0.2) is 0 Å². The van der Waals surface area contributed by atoms with Crippen LogP contribution in [0.2, 0.25) is 0 Å². The van der Waals surface area contributed by atoms with Crippen LogP contribution in [-0.2, 0) is 9.59 Å². The molecular formula is C20H40O2. The molecule has 0 bridgehead atoms. The van der Waals surface area contributed by atoms with Crippen LogP contribution in [0.25, 0.3) is 0 Å². The maximum absolute atomic E-state index is 9.94. The van der Waals surface area contributed by atoms with Gasteiger partial charge in [0.25, 0.3) is 0 Å². The van der Waals surface area contributed by atoms with E-state index in [9.17, 15) is 9.59 Å². The highest BCUT2D eigenvalue weighted by Crippen LogP contribution is 2.08. The number of hydrogen-bond donors (Lipinski definition) is 0. The summed E-state index contributed by atoms with van der Waals surface area (Å²) >= 11 is 0. The Hall–Kier alpha value is -0.660. The van der Waals surface area contributed by atoms with Gasteiger partial charge in [0.2, 0.25) is 0 Å². The Labute approximate surface area is 139 Å². The molecule has 0 aliphatic heterocycles. The Morgan fingerprint density at radius 2 is 0.727 bits per heavy atom. The van der Waals surface area contributed by atoms with Crippen molar-refractivity contribution >= 4 is 12.6 Å². The Bertz CT molecular complexity index is 180. The second-order valence-corrected chi connectivity index (χ2v) is 6.15. The third-order valence-corrected chi connectivity index (χ3v) is 3.85. The topological polar surface area (TPSA) is 34.1 Å². The smallest absolute Gasteiger partial charge is 0.119 e. The summed E-state index contributed by atoms with van der Waals surface area (Å²) in [6.45, 7) is 4.46. The molecule has 0 fully saturated rings. The number of carbonyl (C=O) groups is 2. The van der Waals surface area contributed by atoms with E-state index in [2.05, 4.69) is 13.8 Å². The van der Waals surface area contributed by atoms with Gasteiger partial charge in [-0.1, -0.05) is 90.9 Å². The largest absolute Gasteiger partial charge is 0.303 e. The molecule has 0 aromatic heterocycles. The Morgan fingerprint density at radius 1 is 0.455 bits per heavy atom. The van der Waals surface area contributed by atoms with E-state index >= 15 is 0 Å². The minimum Gasteiger partial charge on any atom is -0.303 e. The number of rotatable bonds is 16. The zero-order chi connectivity index (χ0) is 16.7. The molecule has 0 aromatic rings. The lowest BCUT2D eigenvalue weighted by molar-refractivity contribution is -0.108. The van der Waals surface area contributed by atoms with Crippen molar-refractivity contribution in [3.05, 3.63) is 0 Å². The maximum atomic E-state index is 9.94. The SMILES string of the molecule is CCCCCCCCCC=O.CCCCCCCCCC=O. The lowest BCUT2D eigenvalue weighted by Gasteiger charge is -1.97. The molecule has 0 radical (unpaired) electrons. The average molecular weight is 313 g/mol. The molecule has 0 aliphatic rings.